The van der Waals surface area contributed by atoms with Gasteiger partial charge in [-0.15, -0.1) is 0 Å². The Morgan fingerprint density at radius 3 is 2.38 bits per heavy atom. The van der Waals surface area contributed by atoms with Crippen LogP contribution in [-0.4, -0.2) is 17.1 Å². The monoisotopic (exact) mass is 474 g/mol. The van der Waals surface area contributed by atoms with Gasteiger partial charge in [0.25, 0.3) is 5.91 Å². The van der Waals surface area contributed by atoms with E-state index in [4.69, 9.17) is 23.8 Å². The zero-order valence-corrected chi connectivity index (χ0v) is 17.0. The lowest BCUT2D eigenvalue weighted by atomic mass is 9.54. The summed E-state index contributed by atoms with van der Waals surface area (Å²) in [5, 5.41) is 7.15. The Morgan fingerprint density at radius 1 is 1.12 bits per heavy atom. The van der Waals surface area contributed by atoms with Gasteiger partial charge in [-0.2, -0.15) is 0 Å². The fraction of sp³-hybridized carbons (Fsp3) is 0.556. The van der Waals surface area contributed by atoms with Crippen LogP contribution in [0.15, 0.2) is 18.2 Å². The van der Waals surface area contributed by atoms with E-state index in [2.05, 4.69) is 33.2 Å². The molecule has 1 aromatic carbocycles. The molecule has 0 radical (unpaired) electrons. The molecule has 0 saturated heterocycles. The highest BCUT2D eigenvalue weighted by Gasteiger charge is 2.48. The van der Waals surface area contributed by atoms with Crippen molar-refractivity contribution in [3.63, 3.8) is 0 Å². The van der Waals surface area contributed by atoms with E-state index in [1.54, 1.807) is 12.1 Å². The van der Waals surface area contributed by atoms with Crippen LogP contribution in [0.3, 0.4) is 0 Å². The van der Waals surface area contributed by atoms with Gasteiger partial charge in [0.2, 0.25) is 0 Å². The van der Waals surface area contributed by atoms with Gasteiger partial charge in [0.05, 0.1) is 10.6 Å². The van der Waals surface area contributed by atoms with Crippen LogP contribution in [0.1, 0.15) is 42.5 Å². The van der Waals surface area contributed by atoms with E-state index >= 15 is 0 Å². The molecule has 0 unspecified atom stereocenters. The summed E-state index contributed by atoms with van der Waals surface area (Å²) in [6, 6.07) is 5.83. The molecular formula is C18H20ClIN2OS. The number of thiocarbonyl (C=S) groups is 1. The third kappa shape index (κ3) is 3.31. The second kappa shape index (κ2) is 6.72. The van der Waals surface area contributed by atoms with E-state index in [0.29, 0.717) is 21.7 Å². The molecule has 4 saturated carbocycles. The maximum Gasteiger partial charge on any atom is 0.258 e. The van der Waals surface area contributed by atoms with Crippen molar-refractivity contribution in [1.29, 1.82) is 0 Å². The quantitative estimate of drug-likeness (QED) is 0.494. The summed E-state index contributed by atoms with van der Waals surface area (Å²) in [4.78, 5) is 12.4. The summed E-state index contributed by atoms with van der Waals surface area (Å²) in [5.41, 5.74) is 0.470. The van der Waals surface area contributed by atoms with Gasteiger partial charge in [-0.25, -0.2) is 0 Å². The Balaban J connectivity index is 1.40. The lowest BCUT2D eigenvalue weighted by molar-refractivity contribution is -0.00692. The van der Waals surface area contributed by atoms with E-state index in [9.17, 15) is 4.79 Å². The average Bonchev–Trinajstić information content (AvgIpc) is 2.52. The van der Waals surface area contributed by atoms with Crippen molar-refractivity contribution in [3.8, 4) is 0 Å². The molecule has 3 nitrogen and oxygen atoms in total. The topological polar surface area (TPSA) is 41.1 Å². The molecule has 1 aromatic rings. The van der Waals surface area contributed by atoms with Gasteiger partial charge in [-0.1, -0.05) is 11.6 Å². The molecule has 128 valence electrons. The van der Waals surface area contributed by atoms with Crippen molar-refractivity contribution in [3.05, 3.63) is 32.4 Å². The molecule has 6 heteroatoms. The van der Waals surface area contributed by atoms with Gasteiger partial charge in [-0.05, 0) is 109 Å². The third-order valence-corrected chi connectivity index (χ3v) is 7.15. The zero-order valence-electron chi connectivity index (χ0n) is 13.2. The normalized spacial score (nSPS) is 33.3. The Kier molecular flexibility index (Phi) is 4.77. The number of amides is 1. The van der Waals surface area contributed by atoms with Crippen LogP contribution in [0.25, 0.3) is 0 Å². The lowest BCUT2D eigenvalue weighted by Crippen LogP contribution is -2.57. The first-order valence-corrected chi connectivity index (χ1v) is 10.4. The van der Waals surface area contributed by atoms with E-state index in [-0.39, 0.29) is 5.91 Å². The lowest BCUT2D eigenvalue weighted by Gasteiger charge is -2.54. The summed E-state index contributed by atoms with van der Waals surface area (Å²) < 4.78 is 0.974. The molecule has 2 N–H and O–H groups in total. The molecule has 4 fully saturated rings. The Bertz CT molecular complexity index is 668. The van der Waals surface area contributed by atoms with E-state index in [0.717, 1.165) is 27.2 Å². The summed E-state index contributed by atoms with van der Waals surface area (Å²) in [6.07, 6.45) is 6.73. The first-order chi connectivity index (χ1) is 11.5. The summed E-state index contributed by atoms with van der Waals surface area (Å²) >= 11 is 13.7. The molecule has 4 aliphatic carbocycles. The molecule has 1 amide bonds. The van der Waals surface area contributed by atoms with Gasteiger partial charge in [0, 0.05) is 9.61 Å². The smallest absolute Gasteiger partial charge is 0.258 e. The largest absolute Gasteiger partial charge is 0.359 e. The Morgan fingerprint density at radius 2 is 1.75 bits per heavy atom. The maximum absolute atomic E-state index is 12.4. The van der Waals surface area contributed by atoms with Crippen LogP contribution in [0.2, 0.25) is 5.02 Å². The van der Waals surface area contributed by atoms with Crippen molar-refractivity contribution in [1.82, 2.24) is 10.6 Å². The minimum Gasteiger partial charge on any atom is -0.359 e. The second-order valence-corrected chi connectivity index (χ2v) is 9.57. The molecule has 5 rings (SSSR count). The minimum absolute atomic E-state index is 0.236. The number of halogens is 2. The number of carbonyl (C=O) groups excluding carboxylic acids is 1. The predicted octanol–water partition coefficient (Wildman–Crippen LogP) is 4.37. The van der Waals surface area contributed by atoms with Crippen molar-refractivity contribution in [2.75, 3.05) is 0 Å². The average molecular weight is 475 g/mol. The number of carbonyl (C=O) groups is 1. The molecule has 0 aromatic heterocycles. The SMILES string of the molecule is O=C(NC(=S)NC1C2CC3CC(C2)CC1C3)c1cc(I)ccc1Cl. The van der Waals surface area contributed by atoms with Crippen LogP contribution in [0.5, 0.6) is 0 Å². The van der Waals surface area contributed by atoms with Crippen LogP contribution < -0.4 is 10.6 Å². The molecule has 24 heavy (non-hydrogen) atoms. The van der Waals surface area contributed by atoms with Gasteiger partial charge >= 0.3 is 0 Å². The summed E-state index contributed by atoms with van der Waals surface area (Å²) in [7, 11) is 0. The molecule has 0 atom stereocenters. The highest BCUT2D eigenvalue weighted by molar-refractivity contribution is 14.1. The molecular weight excluding hydrogens is 455 g/mol. The highest BCUT2D eigenvalue weighted by atomic mass is 127. The number of hydrogen-bond acceptors (Lipinski definition) is 2. The first-order valence-electron chi connectivity index (χ1n) is 8.56. The summed E-state index contributed by atoms with van der Waals surface area (Å²) in [5.74, 6) is 3.06. The maximum atomic E-state index is 12.4. The van der Waals surface area contributed by atoms with E-state index in [1.165, 1.54) is 32.1 Å². The minimum atomic E-state index is -0.236. The van der Waals surface area contributed by atoms with Crippen molar-refractivity contribution in [2.45, 2.75) is 38.1 Å². The Labute approximate surface area is 166 Å². The van der Waals surface area contributed by atoms with E-state index < -0.39 is 0 Å². The van der Waals surface area contributed by atoms with Crippen LogP contribution in [0.4, 0.5) is 0 Å². The third-order valence-electron chi connectivity index (χ3n) is 5.92. The molecule has 4 bridgehead atoms. The molecule has 4 aliphatic rings. The number of nitrogens with one attached hydrogen (secondary N) is 2. The highest BCUT2D eigenvalue weighted by Crippen LogP contribution is 2.53. The van der Waals surface area contributed by atoms with Gasteiger partial charge in [-0.3, -0.25) is 10.1 Å². The number of benzene rings is 1. The summed E-state index contributed by atoms with van der Waals surface area (Å²) in [6.45, 7) is 0. The van der Waals surface area contributed by atoms with Gasteiger partial charge < -0.3 is 5.32 Å². The predicted molar refractivity (Wildman–Crippen MR) is 108 cm³/mol. The fourth-order valence-corrected chi connectivity index (χ4v) is 6.11. The van der Waals surface area contributed by atoms with E-state index in [1.807, 2.05) is 6.07 Å². The number of hydrogen-bond donors (Lipinski definition) is 2. The molecule has 0 aliphatic heterocycles. The Hall–Kier alpha value is -0.400. The molecule has 0 heterocycles. The van der Waals surface area contributed by atoms with Crippen LogP contribution in [0, 0.1) is 27.2 Å². The fourth-order valence-electron chi connectivity index (χ4n) is 5.19. The molecule has 0 spiro atoms. The van der Waals surface area contributed by atoms with Crippen molar-refractivity contribution in [2.24, 2.45) is 23.7 Å². The van der Waals surface area contributed by atoms with Gasteiger partial charge in [0.15, 0.2) is 5.11 Å². The number of rotatable bonds is 2. The van der Waals surface area contributed by atoms with Crippen LogP contribution >= 0.6 is 46.4 Å². The first kappa shape index (κ1) is 17.0. The van der Waals surface area contributed by atoms with Gasteiger partial charge in [0.1, 0.15) is 0 Å². The zero-order chi connectivity index (χ0) is 16.8. The standard InChI is InChI=1S/C18H20ClIN2OS/c19-15-2-1-13(20)8-14(15)17(23)22-18(24)21-16-11-4-9-3-10(6-11)7-12(16)5-9/h1-2,8-12,16H,3-7H2,(H2,21,22,23,24). The van der Waals surface area contributed by atoms with Crippen molar-refractivity contribution < 1.29 is 4.79 Å². The van der Waals surface area contributed by atoms with Crippen molar-refractivity contribution >= 4 is 57.4 Å². The second-order valence-electron chi connectivity index (χ2n) is 7.51. The van der Waals surface area contributed by atoms with Crippen LogP contribution in [-0.2, 0) is 0 Å².